The summed E-state index contributed by atoms with van der Waals surface area (Å²) in [5.74, 6) is 1.39. The highest BCUT2D eigenvalue weighted by atomic mass is 16.5. The van der Waals surface area contributed by atoms with E-state index in [1.165, 1.54) is 0 Å². The lowest BCUT2D eigenvalue weighted by Gasteiger charge is -2.11. The van der Waals surface area contributed by atoms with Crippen LogP contribution in [0.4, 0.5) is 0 Å². The van der Waals surface area contributed by atoms with Crippen molar-refractivity contribution in [2.75, 3.05) is 14.2 Å². The normalized spacial score (nSPS) is 10.8. The summed E-state index contributed by atoms with van der Waals surface area (Å²) in [5.41, 5.74) is 11.8. The van der Waals surface area contributed by atoms with Gasteiger partial charge in [-0.2, -0.15) is 0 Å². The number of ether oxygens (including phenoxy) is 2. The number of rotatable bonds is 6. The molecule has 0 amide bonds. The van der Waals surface area contributed by atoms with E-state index in [9.17, 15) is 0 Å². The maximum Gasteiger partial charge on any atom is 0.160 e. The molecule has 2 N–H and O–H groups in total. The summed E-state index contributed by atoms with van der Waals surface area (Å²) in [5, 5.41) is 0. The van der Waals surface area contributed by atoms with E-state index < -0.39 is 0 Å². The number of methoxy groups -OCH3 is 2. The van der Waals surface area contributed by atoms with Crippen LogP contribution in [0.2, 0.25) is 0 Å². The lowest BCUT2D eigenvalue weighted by molar-refractivity contribution is 0.354. The Morgan fingerprint density at radius 3 is 2.69 bits per heavy atom. The average Bonchev–Trinajstić information content (AvgIpc) is 3.22. The van der Waals surface area contributed by atoms with E-state index in [0.29, 0.717) is 23.6 Å². The molecule has 0 unspecified atom stereocenters. The third-order valence-electron chi connectivity index (χ3n) is 4.79. The van der Waals surface area contributed by atoms with Gasteiger partial charge in [-0.25, -0.2) is 9.97 Å². The quantitative estimate of drug-likeness (QED) is 0.543. The van der Waals surface area contributed by atoms with Crippen molar-refractivity contribution in [1.82, 2.24) is 14.4 Å². The standard InChI is InChI=1S/C23H22N4O2/c1-15(24)17-5-4-6-18(13-17)20-14-27-10-9-25-23(27)19(26-20)11-16-7-8-21(28-2)22(12-16)29-3/h4-10,12-14H,1,11,24H2,2-3H3. The number of hydrogen-bond donors (Lipinski definition) is 1. The highest BCUT2D eigenvalue weighted by molar-refractivity contribution is 5.69. The van der Waals surface area contributed by atoms with E-state index in [0.717, 1.165) is 33.7 Å². The second-order valence-electron chi connectivity index (χ2n) is 6.70. The molecule has 4 aromatic rings. The highest BCUT2D eigenvalue weighted by Gasteiger charge is 2.12. The molecule has 6 nitrogen and oxygen atoms in total. The Morgan fingerprint density at radius 1 is 1.10 bits per heavy atom. The molecule has 6 heteroatoms. The molecular weight excluding hydrogens is 364 g/mol. The monoisotopic (exact) mass is 386 g/mol. The van der Waals surface area contributed by atoms with Crippen molar-refractivity contribution in [2.45, 2.75) is 6.42 Å². The zero-order valence-electron chi connectivity index (χ0n) is 16.4. The Kier molecular flexibility index (Phi) is 4.91. The molecule has 0 spiro atoms. The van der Waals surface area contributed by atoms with E-state index in [2.05, 4.69) is 11.6 Å². The van der Waals surface area contributed by atoms with Crippen molar-refractivity contribution in [3.05, 3.63) is 84.5 Å². The van der Waals surface area contributed by atoms with E-state index in [1.54, 1.807) is 20.4 Å². The molecule has 4 rings (SSSR count). The van der Waals surface area contributed by atoms with Crippen LogP contribution < -0.4 is 15.2 Å². The first-order valence-corrected chi connectivity index (χ1v) is 9.17. The predicted molar refractivity (Wildman–Crippen MR) is 114 cm³/mol. The molecule has 0 aliphatic carbocycles. The molecule has 0 atom stereocenters. The first-order chi connectivity index (χ1) is 14.1. The Labute approximate surface area is 169 Å². The van der Waals surface area contributed by atoms with Crippen LogP contribution in [0.25, 0.3) is 22.6 Å². The summed E-state index contributed by atoms with van der Waals surface area (Å²) < 4.78 is 12.8. The molecule has 0 aliphatic heterocycles. The van der Waals surface area contributed by atoms with Gasteiger partial charge in [0.2, 0.25) is 0 Å². The summed E-state index contributed by atoms with van der Waals surface area (Å²) in [6, 6.07) is 13.8. The lowest BCUT2D eigenvalue weighted by atomic mass is 10.1. The zero-order valence-corrected chi connectivity index (χ0v) is 16.4. The molecule has 0 saturated carbocycles. The lowest BCUT2D eigenvalue weighted by Crippen LogP contribution is -2.02. The van der Waals surface area contributed by atoms with Crippen LogP contribution >= 0.6 is 0 Å². The van der Waals surface area contributed by atoms with Crippen LogP contribution in [-0.2, 0) is 6.42 Å². The molecule has 0 bridgehead atoms. The third-order valence-corrected chi connectivity index (χ3v) is 4.79. The van der Waals surface area contributed by atoms with Gasteiger partial charge in [-0.1, -0.05) is 30.8 Å². The Balaban J connectivity index is 1.78. The van der Waals surface area contributed by atoms with Crippen molar-refractivity contribution in [3.8, 4) is 22.8 Å². The minimum Gasteiger partial charge on any atom is -0.493 e. The molecule has 29 heavy (non-hydrogen) atoms. The summed E-state index contributed by atoms with van der Waals surface area (Å²) in [6.07, 6.45) is 6.28. The number of nitrogens with zero attached hydrogens (tertiary/aromatic N) is 3. The molecule has 2 aromatic heterocycles. The van der Waals surface area contributed by atoms with Gasteiger partial charge in [-0.3, -0.25) is 0 Å². The van der Waals surface area contributed by atoms with E-state index in [-0.39, 0.29) is 0 Å². The first kappa shape index (κ1) is 18.6. The summed E-state index contributed by atoms with van der Waals surface area (Å²) in [4.78, 5) is 9.39. The Hall–Kier alpha value is -3.80. The fourth-order valence-electron chi connectivity index (χ4n) is 3.32. The molecule has 2 heterocycles. The van der Waals surface area contributed by atoms with Gasteiger partial charge in [-0.05, 0) is 29.3 Å². The fraction of sp³-hybridized carbons (Fsp3) is 0.130. The maximum atomic E-state index is 5.87. The molecule has 0 aliphatic rings. The predicted octanol–water partition coefficient (Wildman–Crippen LogP) is 3.93. The van der Waals surface area contributed by atoms with Gasteiger partial charge in [0.1, 0.15) is 0 Å². The fourth-order valence-corrected chi connectivity index (χ4v) is 3.32. The Morgan fingerprint density at radius 2 is 1.93 bits per heavy atom. The number of benzene rings is 2. The number of hydrogen-bond acceptors (Lipinski definition) is 5. The average molecular weight is 386 g/mol. The number of imidazole rings is 1. The van der Waals surface area contributed by atoms with Gasteiger partial charge < -0.3 is 19.6 Å². The number of nitrogens with two attached hydrogens (primary N) is 1. The van der Waals surface area contributed by atoms with Gasteiger partial charge in [0, 0.05) is 36.3 Å². The van der Waals surface area contributed by atoms with Crippen molar-refractivity contribution in [1.29, 1.82) is 0 Å². The second-order valence-corrected chi connectivity index (χ2v) is 6.70. The third kappa shape index (κ3) is 3.65. The van der Waals surface area contributed by atoms with Crippen molar-refractivity contribution >= 4 is 11.3 Å². The van der Waals surface area contributed by atoms with E-state index >= 15 is 0 Å². The smallest absolute Gasteiger partial charge is 0.160 e. The summed E-state index contributed by atoms with van der Waals surface area (Å²) >= 11 is 0. The molecule has 0 saturated heterocycles. The molecule has 0 radical (unpaired) electrons. The SMILES string of the molecule is C=C(N)c1cccc(-c2cn3ccnc3c(Cc3ccc(OC)c(OC)c3)n2)c1. The van der Waals surface area contributed by atoms with Crippen LogP contribution in [0.5, 0.6) is 11.5 Å². The minimum absolute atomic E-state index is 0.529. The van der Waals surface area contributed by atoms with Gasteiger partial charge >= 0.3 is 0 Å². The van der Waals surface area contributed by atoms with Gasteiger partial charge in [0.15, 0.2) is 17.1 Å². The molecular formula is C23H22N4O2. The van der Waals surface area contributed by atoms with Crippen LogP contribution in [0.3, 0.4) is 0 Å². The Bertz CT molecular complexity index is 1200. The topological polar surface area (TPSA) is 74.7 Å². The minimum atomic E-state index is 0.529. The van der Waals surface area contributed by atoms with Crippen molar-refractivity contribution in [3.63, 3.8) is 0 Å². The zero-order chi connectivity index (χ0) is 20.4. The largest absolute Gasteiger partial charge is 0.493 e. The van der Waals surface area contributed by atoms with Crippen LogP contribution in [0.15, 0.2) is 67.6 Å². The van der Waals surface area contributed by atoms with Crippen LogP contribution in [0, 0.1) is 0 Å². The van der Waals surface area contributed by atoms with Crippen LogP contribution in [-0.4, -0.2) is 28.6 Å². The van der Waals surface area contributed by atoms with Crippen LogP contribution in [0.1, 0.15) is 16.8 Å². The molecule has 146 valence electrons. The number of aromatic nitrogens is 3. The van der Waals surface area contributed by atoms with Gasteiger partial charge in [-0.15, -0.1) is 0 Å². The van der Waals surface area contributed by atoms with Gasteiger partial charge in [0.05, 0.1) is 25.6 Å². The summed E-state index contributed by atoms with van der Waals surface area (Å²) in [7, 11) is 3.26. The van der Waals surface area contributed by atoms with Gasteiger partial charge in [0.25, 0.3) is 0 Å². The van der Waals surface area contributed by atoms with Crippen molar-refractivity contribution in [2.24, 2.45) is 5.73 Å². The van der Waals surface area contributed by atoms with Crippen molar-refractivity contribution < 1.29 is 9.47 Å². The second kappa shape index (κ2) is 7.67. The first-order valence-electron chi connectivity index (χ1n) is 9.17. The number of fused-ring (bicyclic) bond motifs is 1. The van der Waals surface area contributed by atoms with E-state index in [4.69, 9.17) is 20.2 Å². The van der Waals surface area contributed by atoms with E-state index in [1.807, 2.05) is 59.3 Å². The molecule has 2 aromatic carbocycles. The molecule has 0 fully saturated rings. The maximum absolute atomic E-state index is 5.87. The summed E-state index contributed by atoms with van der Waals surface area (Å²) in [6.45, 7) is 3.83. The highest BCUT2D eigenvalue weighted by Crippen LogP contribution is 2.29.